The van der Waals surface area contributed by atoms with E-state index >= 15 is 0 Å². The number of aliphatic hydroxyl groups excluding tert-OH is 1. The molecule has 1 unspecified atom stereocenters. The van der Waals surface area contributed by atoms with Gasteiger partial charge in [0, 0.05) is 0 Å². The van der Waals surface area contributed by atoms with Gasteiger partial charge >= 0.3 is 0 Å². The van der Waals surface area contributed by atoms with E-state index in [0.717, 1.165) is 5.56 Å². The van der Waals surface area contributed by atoms with Crippen molar-refractivity contribution in [2.45, 2.75) is 50.0 Å². The average molecular weight is 407 g/mol. The van der Waals surface area contributed by atoms with E-state index in [1.165, 1.54) is 60.8 Å². The van der Waals surface area contributed by atoms with Gasteiger partial charge in [-0.1, -0.05) is 109 Å². The third-order valence-corrected chi connectivity index (χ3v) is 6.93. The van der Waals surface area contributed by atoms with Gasteiger partial charge in [-0.25, -0.2) is 0 Å². The molecular formula is C30H30O. The minimum absolute atomic E-state index is 0.238. The van der Waals surface area contributed by atoms with Gasteiger partial charge in [0.15, 0.2) is 0 Å². The molecule has 0 saturated heterocycles. The van der Waals surface area contributed by atoms with E-state index in [9.17, 15) is 5.11 Å². The topological polar surface area (TPSA) is 20.2 Å². The summed E-state index contributed by atoms with van der Waals surface area (Å²) in [5.74, 6) is 0. The highest BCUT2D eigenvalue weighted by molar-refractivity contribution is 5.81. The Hall–Kier alpha value is -2.90. The fourth-order valence-electron chi connectivity index (χ4n) is 5.42. The molecule has 2 fully saturated rings. The van der Waals surface area contributed by atoms with E-state index < -0.39 is 6.10 Å². The van der Waals surface area contributed by atoms with Crippen molar-refractivity contribution < 1.29 is 5.11 Å². The number of hydrogen-bond acceptors (Lipinski definition) is 1. The Bertz CT molecular complexity index is 1030. The SMILES string of the molecule is OC(/C=C1/C(=C2CCCCCC2)C1(c1ccccc1)c1ccccc1)c1ccccc1. The summed E-state index contributed by atoms with van der Waals surface area (Å²) in [6.45, 7) is 0. The zero-order valence-electron chi connectivity index (χ0n) is 18.0. The van der Waals surface area contributed by atoms with Crippen LogP contribution in [0.1, 0.15) is 61.3 Å². The Morgan fingerprint density at radius 1 is 0.645 bits per heavy atom. The normalized spacial score (nSPS) is 20.4. The van der Waals surface area contributed by atoms with Crippen LogP contribution in [0.25, 0.3) is 0 Å². The van der Waals surface area contributed by atoms with Crippen molar-refractivity contribution in [1.82, 2.24) is 0 Å². The molecule has 1 N–H and O–H groups in total. The molecule has 3 aromatic rings. The van der Waals surface area contributed by atoms with Gasteiger partial charge in [-0.3, -0.25) is 0 Å². The molecule has 2 aliphatic rings. The number of rotatable bonds is 4. The third-order valence-electron chi connectivity index (χ3n) is 6.93. The molecule has 0 bridgehead atoms. The molecule has 0 aliphatic heterocycles. The summed E-state index contributed by atoms with van der Waals surface area (Å²) < 4.78 is 0. The van der Waals surface area contributed by atoms with Gasteiger partial charge in [0.05, 0.1) is 11.5 Å². The maximum absolute atomic E-state index is 11.1. The zero-order chi connectivity index (χ0) is 21.1. The molecule has 5 rings (SSSR count). The van der Waals surface area contributed by atoms with Crippen LogP contribution in [-0.4, -0.2) is 5.11 Å². The van der Waals surface area contributed by atoms with Gasteiger partial charge in [0.25, 0.3) is 0 Å². The fraction of sp³-hybridized carbons (Fsp3) is 0.267. The van der Waals surface area contributed by atoms with Crippen LogP contribution in [0.5, 0.6) is 0 Å². The Balaban J connectivity index is 1.71. The molecule has 2 aliphatic carbocycles. The Labute approximate surface area is 185 Å². The predicted molar refractivity (Wildman–Crippen MR) is 128 cm³/mol. The lowest BCUT2D eigenvalue weighted by molar-refractivity contribution is 0.228. The standard InChI is InChI=1S/C30H30O/c31-28(23-14-8-3-9-15-23)22-27-29(24-16-6-1-2-7-17-24)30(27,25-18-10-4-11-19-25)26-20-12-5-13-21-26/h3-5,8-15,18-22,28,31H,1-2,6-7,16-17H2/b27-22-. The summed E-state index contributed by atoms with van der Waals surface area (Å²) in [6.07, 6.45) is 9.05. The molecule has 156 valence electrons. The van der Waals surface area contributed by atoms with Crippen LogP contribution in [0.4, 0.5) is 0 Å². The summed E-state index contributed by atoms with van der Waals surface area (Å²) in [4.78, 5) is 0. The highest BCUT2D eigenvalue weighted by Gasteiger charge is 2.58. The first kappa shape index (κ1) is 20.0. The maximum atomic E-state index is 11.1. The van der Waals surface area contributed by atoms with Crippen LogP contribution in [0.2, 0.25) is 0 Å². The van der Waals surface area contributed by atoms with E-state index in [0.29, 0.717) is 0 Å². The van der Waals surface area contributed by atoms with Crippen molar-refractivity contribution in [3.05, 3.63) is 130 Å². The third kappa shape index (κ3) is 3.68. The molecule has 1 heteroatoms. The highest BCUT2D eigenvalue weighted by Crippen LogP contribution is 2.66. The summed E-state index contributed by atoms with van der Waals surface area (Å²) in [5, 5.41) is 11.1. The van der Waals surface area contributed by atoms with Gasteiger partial charge in [0.1, 0.15) is 0 Å². The molecule has 0 radical (unpaired) electrons. The molecule has 31 heavy (non-hydrogen) atoms. The van der Waals surface area contributed by atoms with E-state index in [2.05, 4.69) is 66.7 Å². The van der Waals surface area contributed by atoms with Gasteiger partial charge in [0.2, 0.25) is 0 Å². The number of aliphatic hydroxyl groups is 1. The Morgan fingerprint density at radius 2 is 1.13 bits per heavy atom. The van der Waals surface area contributed by atoms with Gasteiger partial charge in [-0.05, 0) is 59.6 Å². The maximum Gasteiger partial charge on any atom is 0.0978 e. The van der Waals surface area contributed by atoms with Crippen molar-refractivity contribution in [2.75, 3.05) is 0 Å². The largest absolute Gasteiger partial charge is 0.384 e. The average Bonchev–Trinajstić information content (AvgIpc) is 3.56. The molecule has 0 heterocycles. The zero-order valence-corrected chi connectivity index (χ0v) is 18.0. The van der Waals surface area contributed by atoms with E-state index in [4.69, 9.17) is 0 Å². The Morgan fingerprint density at radius 3 is 1.65 bits per heavy atom. The molecule has 0 aromatic heterocycles. The van der Waals surface area contributed by atoms with Crippen LogP contribution in [0.3, 0.4) is 0 Å². The van der Waals surface area contributed by atoms with E-state index in [1.807, 2.05) is 30.3 Å². The molecule has 1 atom stereocenters. The second-order valence-corrected chi connectivity index (χ2v) is 8.81. The van der Waals surface area contributed by atoms with Gasteiger partial charge in [-0.15, -0.1) is 0 Å². The molecular weight excluding hydrogens is 376 g/mol. The molecule has 3 aromatic carbocycles. The molecule has 2 saturated carbocycles. The second-order valence-electron chi connectivity index (χ2n) is 8.81. The first-order valence-corrected chi connectivity index (χ1v) is 11.6. The summed E-state index contributed by atoms with van der Waals surface area (Å²) in [5.41, 5.74) is 7.66. The summed E-state index contributed by atoms with van der Waals surface area (Å²) >= 11 is 0. The first-order chi connectivity index (χ1) is 15.3. The number of allylic oxidation sites excluding steroid dienone is 3. The van der Waals surface area contributed by atoms with E-state index in [-0.39, 0.29) is 5.41 Å². The summed E-state index contributed by atoms with van der Waals surface area (Å²) in [7, 11) is 0. The van der Waals surface area contributed by atoms with Crippen LogP contribution in [0.15, 0.2) is 114 Å². The summed E-state index contributed by atoms with van der Waals surface area (Å²) in [6, 6.07) is 31.7. The van der Waals surface area contributed by atoms with Gasteiger partial charge < -0.3 is 5.11 Å². The second kappa shape index (κ2) is 8.69. The van der Waals surface area contributed by atoms with Crippen LogP contribution >= 0.6 is 0 Å². The molecule has 0 amide bonds. The van der Waals surface area contributed by atoms with Crippen molar-refractivity contribution >= 4 is 0 Å². The lowest BCUT2D eigenvalue weighted by atomic mass is 9.85. The van der Waals surface area contributed by atoms with Crippen molar-refractivity contribution in [3.8, 4) is 0 Å². The lowest BCUT2D eigenvalue weighted by Gasteiger charge is -2.17. The number of benzene rings is 3. The minimum atomic E-state index is -0.605. The van der Waals surface area contributed by atoms with Crippen LogP contribution in [0, 0.1) is 0 Å². The molecule has 0 spiro atoms. The monoisotopic (exact) mass is 406 g/mol. The van der Waals surface area contributed by atoms with Crippen molar-refractivity contribution in [1.29, 1.82) is 0 Å². The smallest absolute Gasteiger partial charge is 0.0978 e. The first-order valence-electron chi connectivity index (χ1n) is 11.6. The molecule has 1 nitrogen and oxygen atoms in total. The quantitative estimate of drug-likeness (QED) is 0.451. The lowest BCUT2D eigenvalue weighted by Crippen LogP contribution is -2.11. The van der Waals surface area contributed by atoms with Gasteiger partial charge in [-0.2, -0.15) is 0 Å². The minimum Gasteiger partial charge on any atom is -0.384 e. The predicted octanol–water partition coefficient (Wildman–Crippen LogP) is 7.30. The fourth-order valence-corrected chi connectivity index (χ4v) is 5.42. The Kier molecular flexibility index (Phi) is 5.61. The highest BCUT2D eigenvalue weighted by atomic mass is 16.3. The van der Waals surface area contributed by atoms with Crippen LogP contribution < -0.4 is 0 Å². The number of hydrogen-bond donors (Lipinski definition) is 1. The van der Waals surface area contributed by atoms with Crippen molar-refractivity contribution in [2.24, 2.45) is 0 Å². The van der Waals surface area contributed by atoms with Crippen LogP contribution in [-0.2, 0) is 5.41 Å². The van der Waals surface area contributed by atoms with E-state index in [1.54, 1.807) is 5.57 Å². The van der Waals surface area contributed by atoms with Crippen molar-refractivity contribution in [3.63, 3.8) is 0 Å².